The van der Waals surface area contributed by atoms with Crippen molar-refractivity contribution in [1.82, 2.24) is 4.90 Å². The minimum Gasteiger partial charge on any atom is -0.497 e. The first-order valence-corrected chi connectivity index (χ1v) is 14.6. The second-order valence-electron chi connectivity index (χ2n) is 10.1. The molecule has 1 aliphatic heterocycles. The van der Waals surface area contributed by atoms with Gasteiger partial charge in [0.1, 0.15) is 11.8 Å². The molecule has 3 N–H and O–H groups in total. The van der Waals surface area contributed by atoms with E-state index in [0.717, 1.165) is 22.5 Å². The Morgan fingerprint density at radius 3 is 2.40 bits per heavy atom. The van der Waals surface area contributed by atoms with Crippen LogP contribution < -0.4 is 15.8 Å². The molecule has 3 aromatic carbocycles. The third-order valence-electron chi connectivity index (χ3n) is 7.39. The second-order valence-corrected chi connectivity index (χ2v) is 11.8. The van der Waals surface area contributed by atoms with Crippen LogP contribution in [0.2, 0.25) is 4.34 Å². The van der Waals surface area contributed by atoms with E-state index in [1.165, 1.54) is 4.90 Å². The number of ketones is 1. The van der Waals surface area contributed by atoms with Gasteiger partial charge in [-0.25, -0.2) is 4.79 Å². The van der Waals surface area contributed by atoms with Crippen molar-refractivity contribution in [1.29, 1.82) is 0 Å². The van der Waals surface area contributed by atoms with Crippen LogP contribution in [0.4, 0.5) is 10.5 Å². The summed E-state index contributed by atoms with van der Waals surface area (Å²) in [7, 11) is 1.54. The van der Waals surface area contributed by atoms with Gasteiger partial charge in [-0.3, -0.25) is 9.59 Å². The first-order chi connectivity index (χ1) is 20.3. The van der Waals surface area contributed by atoms with E-state index in [-0.39, 0.29) is 5.78 Å². The van der Waals surface area contributed by atoms with Gasteiger partial charge in [-0.2, -0.15) is 0 Å². The number of amides is 3. The standard InChI is InChI=1S/C33H30ClN3O4S/c1-20-8-6-12-23(18-20)36-33(40)37-25(15-14-21-9-4-3-5-10-21)29(31(38)26-16-17-27(34)42-26)28(30(37)32(35)39)22-11-7-13-24(19-22)41-2/h3-19,25,28-30H,1-2H3,(H2,35,39)(H,36,40). The fraction of sp³-hybridized carbons (Fsp3) is 0.182. The summed E-state index contributed by atoms with van der Waals surface area (Å²) in [5, 5.41) is 2.93. The summed E-state index contributed by atoms with van der Waals surface area (Å²) in [6.45, 7) is 1.92. The van der Waals surface area contributed by atoms with Gasteiger partial charge in [0.05, 0.1) is 28.3 Å². The number of Topliss-reactive ketones (excluding diaryl/α,β-unsaturated/α-hetero) is 1. The number of carbonyl (C=O) groups is 3. The molecule has 4 unspecified atom stereocenters. The highest BCUT2D eigenvalue weighted by Gasteiger charge is 2.56. The lowest BCUT2D eigenvalue weighted by atomic mass is 9.78. The van der Waals surface area contributed by atoms with Gasteiger partial charge >= 0.3 is 6.03 Å². The summed E-state index contributed by atoms with van der Waals surface area (Å²) in [6.07, 6.45) is 3.66. The largest absolute Gasteiger partial charge is 0.497 e. The van der Waals surface area contributed by atoms with E-state index < -0.39 is 35.9 Å². The number of aryl methyl sites for hydroxylation is 1. The van der Waals surface area contributed by atoms with Crippen LogP contribution in [0.3, 0.4) is 0 Å². The molecule has 3 amide bonds. The molecule has 1 fully saturated rings. The smallest absolute Gasteiger partial charge is 0.323 e. The average Bonchev–Trinajstić information content (AvgIpc) is 3.58. The van der Waals surface area contributed by atoms with E-state index in [1.54, 1.807) is 49.6 Å². The first-order valence-electron chi connectivity index (χ1n) is 13.4. The van der Waals surface area contributed by atoms with Crippen molar-refractivity contribution in [3.05, 3.63) is 123 Å². The summed E-state index contributed by atoms with van der Waals surface area (Å²) in [5.74, 6) is -2.02. The van der Waals surface area contributed by atoms with Crippen LogP contribution in [-0.2, 0) is 4.79 Å². The van der Waals surface area contributed by atoms with Gasteiger partial charge in [0.15, 0.2) is 5.78 Å². The summed E-state index contributed by atoms with van der Waals surface area (Å²) in [4.78, 5) is 43.6. The first kappa shape index (κ1) is 29.1. The van der Waals surface area contributed by atoms with Crippen LogP contribution in [0.1, 0.15) is 32.3 Å². The van der Waals surface area contributed by atoms with Crippen LogP contribution in [0.5, 0.6) is 5.75 Å². The maximum Gasteiger partial charge on any atom is 0.323 e. The van der Waals surface area contributed by atoms with E-state index in [0.29, 0.717) is 26.2 Å². The van der Waals surface area contributed by atoms with E-state index in [4.69, 9.17) is 22.1 Å². The highest BCUT2D eigenvalue weighted by Crippen LogP contribution is 2.46. The van der Waals surface area contributed by atoms with Crippen molar-refractivity contribution in [2.24, 2.45) is 11.7 Å². The van der Waals surface area contributed by atoms with Crippen molar-refractivity contribution in [3.63, 3.8) is 0 Å². The third-order valence-corrected chi connectivity index (χ3v) is 8.64. The Kier molecular flexibility index (Phi) is 8.75. The summed E-state index contributed by atoms with van der Waals surface area (Å²) in [5.41, 5.74) is 9.12. The van der Waals surface area contributed by atoms with Crippen molar-refractivity contribution in [3.8, 4) is 5.75 Å². The molecule has 0 bridgehead atoms. The van der Waals surface area contributed by atoms with E-state index in [1.807, 2.05) is 67.6 Å². The van der Waals surface area contributed by atoms with Gasteiger partial charge < -0.3 is 20.7 Å². The van der Waals surface area contributed by atoms with Gasteiger partial charge in [-0.05, 0) is 60.0 Å². The zero-order valence-corrected chi connectivity index (χ0v) is 24.6. The molecule has 2 heterocycles. The number of hydrogen-bond donors (Lipinski definition) is 2. The Bertz CT molecular complexity index is 1640. The van der Waals surface area contributed by atoms with Crippen LogP contribution in [-0.4, -0.2) is 41.8 Å². The Labute approximate surface area is 253 Å². The number of carbonyl (C=O) groups excluding carboxylic acids is 3. The molecule has 0 saturated carbocycles. The van der Waals surface area contributed by atoms with Gasteiger partial charge in [0.25, 0.3) is 0 Å². The quantitative estimate of drug-likeness (QED) is 0.218. The number of likely N-dealkylation sites (tertiary alicyclic amines) is 1. The molecule has 0 spiro atoms. The lowest BCUT2D eigenvalue weighted by Crippen LogP contribution is -2.50. The van der Waals surface area contributed by atoms with Crippen molar-refractivity contribution < 1.29 is 19.1 Å². The zero-order chi connectivity index (χ0) is 29.8. The number of nitrogens with zero attached hydrogens (tertiary/aromatic N) is 1. The molecule has 1 saturated heterocycles. The highest BCUT2D eigenvalue weighted by atomic mass is 35.5. The average molecular weight is 600 g/mol. The summed E-state index contributed by atoms with van der Waals surface area (Å²) < 4.78 is 5.93. The van der Waals surface area contributed by atoms with Crippen molar-refractivity contribution in [2.45, 2.75) is 24.9 Å². The number of nitrogens with two attached hydrogens (primary N) is 1. The fourth-order valence-corrected chi connectivity index (χ4v) is 6.61. The highest BCUT2D eigenvalue weighted by molar-refractivity contribution is 7.18. The minimum atomic E-state index is -1.14. The van der Waals surface area contributed by atoms with Crippen LogP contribution >= 0.6 is 22.9 Å². The molecular weight excluding hydrogens is 570 g/mol. The van der Waals surface area contributed by atoms with E-state index >= 15 is 0 Å². The number of benzene rings is 3. The Hall–Kier alpha value is -4.40. The topological polar surface area (TPSA) is 102 Å². The molecule has 42 heavy (non-hydrogen) atoms. The second kappa shape index (κ2) is 12.6. The van der Waals surface area contributed by atoms with E-state index in [9.17, 15) is 14.4 Å². The number of primary amides is 1. The van der Waals surface area contributed by atoms with Gasteiger partial charge in [0.2, 0.25) is 5.91 Å². The van der Waals surface area contributed by atoms with Crippen LogP contribution in [0.15, 0.2) is 97.1 Å². The lowest BCUT2D eigenvalue weighted by Gasteiger charge is -2.29. The number of halogens is 1. The number of nitrogens with one attached hydrogen (secondary N) is 1. The predicted octanol–water partition coefficient (Wildman–Crippen LogP) is 6.78. The number of methoxy groups -OCH3 is 1. The molecule has 214 valence electrons. The summed E-state index contributed by atoms with van der Waals surface area (Å²) in [6, 6.07) is 24.9. The molecule has 0 aliphatic carbocycles. The third kappa shape index (κ3) is 6.10. The predicted molar refractivity (Wildman–Crippen MR) is 167 cm³/mol. The Balaban J connectivity index is 1.69. The number of ether oxygens (including phenoxy) is 1. The number of anilines is 1. The van der Waals surface area contributed by atoms with Crippen molar-refractivity contribution in [2.75, 3.05) is 12.4 Å². The minimum absolute atomic E-state index is 0.237. The summed E-state index contributed by atoms with van der Waals surface area (Å²) >= 11 is 7.39. The van der Waals surface area contributed by atoms with Crippen LogP contribution in [0.25, 0.3) is 6.08 Å². The van der Waals surface area contributed by atoms with Gasteiger partial charge in [0, 0.05) is 11.6 Å². The molecule has 1 aliphatic rings. The van der Waals surface area contributed by atoms with Gasteiger partial charge in [-0.1, -0.05) is 78.4 Å². The zero-order valence-electron chi connectivity index (χ0n) is 23.1. The fourth-order valence-electron chi connectivity index (χ4n) is 5.58. The molecule has 0 radical (unpaired) electrons. The monoisotopic (exact) mass is 599 g/mol. The molecule has 4 atom stereocenters. The molecule has 5 rings (SSSR count). The van der Waals surface area contributed by atoms with Crippen LogP contribution in [0, 0.1) is 12.8 Å². The molecule has 4 aromatic rings. The number of rotatable bonds is 8. The Morgan fingerprint density at radius 2 is 1.74 bits per heavy atom. The molecule has 7 nitrogen and oxygen atoms in total. The van der Waals surface area contributed by atoms with Crippen molar-refractivity contribution >= 4 is 52.4 Å². The van der Waals surface area contributed by atoms with Gasteiger partial charge in [-0.15, -0.1) is 11.3 Å². The molecular formula is C33H30ClN3O4S. The molecule has 9 heteroatoms. The maximum absolute atomic E-state index is 14.3. The Morgan fingerprint density at radius 1 is 0.976 bits per heavy atom. The molecule has 1 aromatic heterocycles. The number of urea groups is 1. The normalized spacial score (nSPS) is 20.0. The SMILES string of the molecule is COc1cccc(C2C(C(=O)c3ccc(Cl)s3)C(C=Cc3ccccc3)N(C(=O)Nc3cccc(C)c3)C2C(N)=O)c1. The van der Waals surface area contributed by atoms with E-state index in [2.05, 4.69) is 5.32 Å². The number of thiophene rings is 1. The number of hydrogen-bond acceptors (Lipinski definition) is 5. The maximum atomic E-state index is 14.3. The lowest BCUT2D eigenvalue weighted by molar-refractivity contribution is -0.122.